The summed E-state index contributed by atoms with van der Waals surface area (Å²) in [5, 5.41) is 17.7. The van der Waals surface area contributed by atoms with Crippen molar-refractivity contribution in [1.29, 1.82) is 0 Å². The molecular weight excluding hydrogens is 284 g/mol. The first-order chi connectivity index (χ1) is 10.7. The number of azo groups is 1. The van der Waals surface area contributed by atoms with Crippen LogP contribution >= 0.6 is 0 Å². The molecular formula is C15H16N4O3. The van der Waals surface area contributed by atoms with Crippen LogP contribution in [-0.4, -0.2) is 39.9 Å². The van der Waals surface area contributed by atoms with Crippen LogP contribution < -0.4 is 0 Å². The fraction of sp³-hybridized carbons (Fsp3) is 0.333. The van der Waals surface area contributed by atoms with Crippen molar-refractivity contribution in [3.63, 3.8) is 0 Å². The van der Waals surface area contributed by atoms with Gasteiger partial charge in [-0.15, -0.1) is 10.2 Å². The molecule has 114 valence electrons. The zero-order chi connectivity index (χ0) is 15.5. The highest BCUT2D eigenvalue weighted by atomic mass is 16.3. The summed E-state index contributed by atoms with van der Waals surface area (Å²) in [4.78, 5) is 28.0. The molecule has 1 aliphatic rings. The van der Waals surface area contributed by atoms with Gasteiger partial charge in [0.05, 0.1) is 5.52 Å². The van der Waals surface area contributed by atoms with E-state index in [9.17, 15) is 14.7 Å². The van der Waals surface area contributed by atoms with Gasteiger partial charge in [-0.05, 0) is 25.3 Å². The summed E-state index contributed by atoms with van der Waals surface area (Å²) in [7, 11) is 0. The molecule has 1 saturated heterocycles. The molecule has 0 aliphatic carbocycles. The molecule has 2 heterocycles. The molecule has 22 heavy (non-hydrogen) atoms. The standard InChI is InChI=1S/C15H16N4O3/c20-13-12(10-6-2-3-7-11(10)16-13)17-18-14(21)15(22)19-8-4-1-5-9-19/h2-3,6-7,16,20H,1,4-5,8-9H2. The number of aromatic nitrogens is 1. The van der Waals surface area contributed by atoms with E-state index >= 15 is 0 Å². The molecule has 2 aromatic rings. The molecule has 2 amide bonds. The van der Waals surface area contributed by atoms with Gasteiger partial charge in [-0.2, -0.15) is 0 Å². The number of H-pyrrole nitrogens is 1. The Morgan fingerprint density at radius 1 is 1.14 bits per heavy atom. The molecule has 0 saturated carbocycles. The maximum atomic E-state index is 12.0. The summed E-state index contributed by atoms with van der Waals surface area (Å²) in [6.45, 7) is 1.16. The Balaban J connectivity index is 1.79. The number of benzene rings is 1. The Hall–Kier alpha value is -2.70. The number of likely N-dealkylation sites (tertiary alicyclic amines) is 1. The molecule has 7 heteroatoms. The molecule has 1 aliphatic heterocycles. The summed E-state index contributed by atoms with van der Waals surface area (Å²) in [6, 6.07) is 7.12. The summed E-state index contributed by atoms with van der Waals surface area (Å²) >= 11 is 0. The van der Waals surface area contributed by atoms with Crippen molar-refractivity contribution in [2.24, 2.45) is 10.2 Å². The second kappa shape index (κ2) is 5.97. The Morgan fingerprint density at radius 3 is 2.64 bits per heavy atom. The zero-order valence-corrected chi connectivity index (χ0v) is 12.0. The minimum Gasteiger partial charge on any atom is -0.493 e. The number of hydrogen-bond acceptors (Lipinski definition) is 4. The zero-order valence-electron chi connectivity index (χ0n) is 12.0. The van der Waals surface area contributed by atoms with E-state index in [-0.39, 0.29) is 11.6 Å². The maximum Gasteiger partial charge on any atom is 0.353 e. The molecule has 1 fully saturated rings. The normalized spacial score (nSPS) is 15.5. The molecule has 0 unspecified atom stereocenters. The number of piperidine rings is 1. The Morgan fingerprint density at radius 2 is 1.86 bits per heavy atom. The minimum absolute atomic E-state index is 0.162. The minimum atomic E-state index is -0.911. The van der Waals surface area contributed by atoms with Crippen molar-refractivity contribution >= 4 is 28.4 Å². The van der Waals surface area contributed by atoms with Gasteiger partial charge < -0.3 is 15.0 Å². The lowest BCUT2D eigenvalue weighted by Crippen LogP contribution is -2.39. The first-order valence-electron chi connectivity index (χ1n) is 7.21. The average molecular weight is 300 g/mol. The molecule has 0 spiro atoms. The molecule has 1 aromatic carbocycles. The van der Waals surface area contributed by atoms with E-state index in [2.05, 4.69) is 15.2 Å². The highest BCUT2D eigenvalue weighted by Gasteiger charge is 2.23. The average Bonchev–Trinajstić information content (AvgIpc) is 2.88. The lowest BCUT2D eigenvalue weighted by molar-refractivity contribution is -0.144. The van der Waals surface area contributed by atoms with Crippen LogP contribution in [0.2, 0.25) is 0 Å². The van der Waals surface area contributed by atoms with Crippen LogP contribution in [0.5, 0.6) is 5.88 Å². The SMILES string of the molecule is O=C(N=Nc1c(O)[nH]c2ccccc12)C(=O)N1CCCCC1. The smallest absolute Gasteiger partial charge is 0.353 e. The summed E-state index contributed by atoms with van der Waals surface area (Å²) < 4.78 is 0. The number of rotatable bonds is 1. The molecule has 0 atom stereocenters. The first kappa shape index (κ1) is 14.2. The van der Waals surface area contributed by atoms with Gasteiger partial charge >= 0.3 is 11.8 Å². The number of carbonyl (C=O) groups excluding carboxylic acids is 2. The predicted molar refractivity (Wildman–Crippen MR) is 79.9 cm³/mol. The highest BCUT2D eigenvalue weighted by Crippen LogP contribution is 2.35. The van der Waals surface area contributed by atoms with E-state index in [1.54, 1.807) is 18.2 Å². The lowest BCUT2D eigenvalue weighted by atomic mass is 10.1. The largest absolute Gasteiger partial charge is 0.493 e. The number of amides is 2. The van der Waals surface area contributed by atoms with Crippen LogP contribution in [0.4, 0.5) is 5.69 Å². The van der Waals surface area contributed by atoms with Crippen LogP contribution in [0.3, 0.4) is 0 Å². The number of para-hydroxylation sites is 1. The quantitative estimate of drug-likeness (QED) is 0.625. The number of hydrogen-bond donors (Lipinski definition) is 2. The fourth-order valence-electron chi connectivity index (χ4n) is 2.58. The molecule has 0 bridgehead atoms. The molecule has 1 aromatic heterocycles. The van der Waals surface area contributed by atoms with Crippen LogP contribution in [0, 0.1) is 0 Å². The fourth-order valence-corrected chi connectivity index (χ4v) is 2.58. The van der Waals surface area contributed by atoms with Crippen LogP contribution in [0.25, 0.3) is 10.9 Å². The molecule has 3 rings (SSSR count). The van der Waals surface area contributed by atoms with Gasteiger partial charge in [0, 0.05) is 18.5 Å². The third-order valence-corrected chi connectivity index (χ3v) is 3.73. The van der Waals surface area contributed by atoms with Gasteiger partial charge in [0.15, 0.2) is 5.69 Å². The van der Waals surface area contributed by atoms with Crippen molar-refractivity contribution in [1.82, 2.24) is 9.88 Å². The van der Waals surface area contributed by atoms with E-state index in [0.29, 0.717) is 24.0 Å². The Bertz CT molecular complexity index is 744. The second-order valence-corrected chi connectivity index (χ2v) is 5.23. The van der Waals surface area contributed by atoms with E-state index < -0.39 is 11.8 Å². The predicted octanol–water partition coefficient (Wildman–Crippen LogP) is 2.50. The van der Waals surface area contributed by atoms with E-state index in [0.717, 1.165) is 19.3 Å². The maximum absolute atomic E-state index is 12.0. The van der Waals surface area contributed by atoms with Crippen molar-refractivity contribution in [2.75, 3.05) is 13.1 Å². The van der Waals surface area contributed by atoms with Crippen molar-refractivity contribution in [3.8, 4) is 5.88 Å². The molecule has 7 nitrogen and oxygen atoms in total. The number of fused-ring (bicyclic) bond motifs is 1. The summed E-state index contributed by atoms with van der Waals surface area (Å²) in [6.07, 6.45) is 2.88. The lowest BCUT2D eigenvalue weighted by Gasteiger charge is -2.24. The van der Waals surface area contributed by atoms with Gasteiger partial charge in [0.25, 0.3) is 0 Å². The van der Waals surface area contributed by atoms with Gasteiger partial charge in [-0.25, -0.2) is 0 Å². The Labute approximate surface area is 126 Å². The van der Waals surface area contributed by atoms with E-state index in [1.165, 1.54) is 4.90 Å². The third-order valence-electron chi connectivity index (χ3n) is 3.73. The summed E-state index contributed by atoms with van der Waals surface area (Å²) in [5.74, 6) is -1.72. The monoisotopic (exact) mass is 300 g/mol. The summed E-state index contributed by atoms with van der Waals surface area (Å²) in [5.41, 5.74) is 0.846. The van der Waals surface area contributed by atoms with Crippen LogP contribution in [0.1, 0.15) is 19.3 Å². The van der Waals surface area contributed by atoms with Gasteiger partial charge in [0.2, 0.25) is 5.88 Å². The number of aromatic hydroxyl groups is 1. The first-order valence-corrected chi connectivity index (χ1v) is 7.21. The molecule has 2 N–H and O–H groups in total. The van der Waals surface area contributed by atoms with Crippen molar-refractivity contribution in [2.45, 2.75) is 19.3 Å². The Kier molecular flexibility index (Phi) is 3.86. The molecule has 0 radical (unpaired) electrons. The van der Waals surface area contributed by atoms with Crippen molar-refractivity contribution in [3.05, 3.63) is 24.3 Å². The third kappa shape index (κ3) is 2.69. The van der Waals surface area contributed by atoms with Gasteiger partial charge in [-0.3, -0.25) is 9.59 Å². The number of aromatic amines is 1. The second-order valence-electron chi connectivity index (χ2n) is 5.23. The van der Waals surface area contributed by atoms with Gasteiger partial charge in [-0.1, -0.05) is 18.2 Å². The number of carbonyl (C=O) groups is 2. The van der Waals surface area contributed by atoms with E-state index in [4.69, 9.17) is 0 Å². The van der Waals surface area contributed by atoms with Gasteiger partial charge in [0.1, 0.15) is 0 Å². The van der Waals surface area contributed by atoms with E-state index in [1.807, 2.05) is 6.07 Å². The highest BCUT2D eigenvalue weighted by molar-refractivity contribution is 6.35. The van der Waals surface area contributed by atoms with Crippen LogP contribution in [-0.2, 0) is 9.59 Å². The topological polar surface area (TPSA) is 98.1 Å². The van der Waals surface area contributed by atoms with Crippen LogP contribution in [0.15, 0.2) is 34.5 Å². The van der Waals surface area contributed by atoms with Crippen molar-refractivity contribution < 1.29 is 14.7 Å². The number of nitrogens with zero attached hydrogens (tertiary/aromatic N) is 3. The number of nitrogens with one attached hydrogen (secondary N) is 1.